The van der Waals surface area contributed by atoms with Crippen molar-refractivity contribution in [3.05, 3.63) is 47.5 Å². The number of para-hydroxylation sites is 1. The number of benzene rings is 2. The lowest BCUT2D eigenvalue weighted by Gasteiger charge is -2.23. The minimum absolute atomic E-state index is 0.00942. The monoisotopic (exact) mass is 330 g/mol. The van der Waals surface area contributed by atoms with Crippen molar-refractivity contribution in [2.45, 2.75) is 6.42 Å². The molecule has 0 bridgehead atoms. The van der Waals surface area contributed by atoms with Gasteiger partial charge in [0.05, 0.1) is 18.4 Å². The summed E-state index contributed by atoms with van der Waals surface area (Å²) in [6.45, 7) is 0.654. The van der Waals surface area contributed by atoms with Gasteiger partial charge in [-0.1, -0.05) is 18.2 Å². The Morgan fingerprint density at radius 2 is 2.09 bits per heavy atom. The molecule has 2 aromatic rings. The fraction of sp³-hybridized carbons (Fsp3) is 0.235. The van der Waals surface area contributed by atoms with Gasteiger partial charge in [0, 0.05) is 25.3 Å². The predicted molar refractivity (Wildman–Crippen MR) is 94.6 cm³/mol. The molecular formula is C17H19N2O3P. The van der Waals surface area contributed by atoms with E-state index in [0.717, 1.165) is 12.1 Å². The minimum atomic E-state index is -0.0995. The quantitative estimate of drug-likeness (QED) is 0.880. The van der Waals surface area contributed by atoms with Crippen molar-refractivity contribution in [3.8, 4) is 11.5 Å². The number of carbonyl (C=O) groups is 1. The third-order valence-corrected chi connectivity index (χ3v) is 4.32. The van der Waals surface area contributed by atoms with E-state index in [1.54, 1.807) is 28.8 Å². The SMILES string of the molecule is COc1cc(C(=O)N2CCc3ccccc32)c(N(C)P)cc1O. The van der Waals surface area contributed by atoms with E-state index in [1.165, 1.54) is 12.7 Å². The van der Waals surface area contributed by atoms with E-state index in [9.17, 15) is 9.90 Å². The van der Waals surface area contributed by atoms with E-state index < -0.39 is 0 Å². The fourth-order valence-electron chi connectivity index (χ4n) is 2.88. The van der Waals surface area contributed by atoms with Crippen LogP contribution in [0.1, 0.15) is 15.9 Å². The van der Waals surface area contributed by atoms with Gasteiger partial charge in [0.15, 0.2) is 11.5 Å². The van der Waals surface area contributed by atoms with Crippen LogP contribution in [0.2, 0.25) is 0 Å². The molecule has 6 heteroatoms. The molecule has 1 N–H and O–H groups in total. The number of rotatable bonds is 3. The average Bonchev–Trinajstić information content (AvgIpc) is 2.97. The van der Waals surface area contributed by atoms with Gasteiger partial charge in [-0.25, -0.2) is 0 Å². The maximum absolute atomic E-state index is 13.1. The number of methoxy groups -OCH3 is 1. The van der Waals surface area contributed by atoms with Gasteiger partial charge >= 0.3 is 0 Å². The summed E-state index contributed by atoms with van der Waals surface area (Å²) in [5, 5.41) is 9.98. The standard InChI is InChI=1S/C17H19N2O3P/c1-18(23)14-10-15(20)16(22-2)9-12(14)17(21)19-8-7-11-5-3-4-6-13(11)19/h3-6,9-10,20H,7-8,23H2,1-2H3. The van der Waals surface area contributed by atoms with Crippen LogP contribution in [0.5, 0.6) is 11.5 Å². The van der Waals surface area contributed by atoms with Crippen molar-refractivity contribution in [2.24, 2.45) is 0 Å². The molecule has 0 aromatic heterocycles. The summed E-state index contributed by atoms with van der Waals surface area (Å²) in [6, 6.07) is 11.1. The van der Waals surface area contributed by atoms with E-state index >= 15 is 0 Å². The molecule has 1 unspecified atom stereocenters. The third-order valence-electron chi connectivity index (χ3n) is 4.04. The molecule has 1 aliphatic heterocycles. The largest absolute Gasteiger partial charge is 0.504 e. The molecule has 3 rings (SSSR count). The van der Waals surface area contributed by atoms with Gasteiger partial charge < -0.3 is 19.4 Å². The van der Waals surface area contributed by atoms with Gasteiger partial charge in [0.1, 0.15) is 0 Å². The van der Waals surface area contributed by atoms with Gasteiger partial charge in [0.25, 0.3) is 5.91 Å². The van der Waals surface area contributed by atoms with Gasteiger partial charge in [-0.3, -0.25) is 4.79 Å². The highest BCUT2D eigenvalue weighted by Gasteiger charge is 2.28. The number of hydrogen-bond acceptors (Lipinski definition) is 4. The molecular weight excluding hydrogens is 311 g/mol. The van der Waals surface area contributed by atoms with Crippen molar-refractivity contribution in [3.63, 3.8) is 0 Å². The molecule has 0 spiro atoms. The third kappa shape index (κ3) is 2.73. The molecule has 120 valence electrons. The van der Waals surface area contributed by atoms with Crippen molar-refractivity contribution >= 4 is 26.7 Å². The Kier molecular flexibility index (Phi) is 4.14. The summed E-state index contributed by atoms with van der Waals surface area (Å²) in [7, 11) is 5.78. The molecule has 0 aliphatic carbocycles. The molecule has 0 radical (unpaired) electrons. The van der Waals surface area contributed by atoms with Crippen molar-refractivity contribution in [2.75, 3.05) is 30.3 Å². The normalized spacial score (nSPS) is 12.9. The van der Waals surface area contributed by atoms with Gasteiger partial charge in [-0.15, -0.1) is 0 Å². The number of ether oxygens (including phenoxy) is 1. The Bertz CT molecular complexity index is 761. The zero-order valence-corrected chi connectivity index (χ0v) is 14.3. The molecule has 5 nitrogen and oxygen atoms in total. The first kappa shape index (κ1) is 15.6. The molecule has 23 heavy (non-hydrogen) atoms. The second kappa shape index (κ2) is 6.09. The highest BCUT2D eigenvalue weighted by Crippen LogP contribution is 2.37. The van der Waals surface area contributed by atoms with Crippen LogP contribution in [-0.4, -0.2) is 31.7 Å². The zero-order valence-electron chi connectivity index (χ0n) is 13.1. The van der Waals surface area contributed by atoms with Crippen LogP contribution >= 0.6 is 9.39 Å². The molecule has 1 atom stereocenters. The number of fused-ring (bicyclic) bond motifs is 1. The molecule has 0 saturated heterocycles. The number of phenols is 1. The predicted octanol–water partition coefficient (Wildman–Crippen LogP) is 2.83. The number of aromatic hydroxyl groups is 1. The van der Waals surface area contributed by atoms with Crippen molar-refractivity contribution < 1.29 is 14.6 Å². The number of amides is 1. The molecule has 1 heterocycles. The van der Waals surface area contributed by atoms with Crippen LogP contribution < -0.4 is 14.3 Å². The first-order valence-electron chi connectivity index (χ1n) is 7.32. The lowest BCUT2D eigenvalue weighted by atomic mass is 10.1. The first-order valence-corrected chi connectivity index (χ1v) is 7.83. The molecule has 1 amide bonds. The van der Waals surface area contributed by atoms with Gasteiger partial charge in [0.2, 0.25) is 0 Å². The maximum atomic E-state index is 13.1. The molecule has 2 aromatic carbocycles. The maximum Gasteiger partial charge on any atom is 0.260 e. The Balaban J connectivity index is 2.06. The number of nitrogens with zero attached hydrogens (tertiary/aromatic N) is 2. The van der Waals surface area contributed by atoms with Crippen LogP contribution in [0.3, 0.4) is 0 Å². The Hall–Kier alpha value is -2.26. The van der Waals surface area contributed by atoms with Crippen LogP contribution in [-0.2, 0) is 6.42 Å². The topological polar surface area (TPSA) is 53.0 Å². The Morgan fingerprint density at radius 3 is 2.78 bits per heavy atom. The second-order valence-electron chi connectivity index (χ2n) is 5.49. The van der Waals surface area contributed by atoms with E-state index in [-0.39, 0.29) is 17.4 Å². The Morgan fingerprint density at radius 1 is 1.35 bits per heavy atom. The summed E-state index contributed by atoms with van der Waals surface area (Å²) in [5.74, 6) is 0.198. The zero-order chi connectivity index (χ0) is 16.6. The van der Waals surface area contributed by atoms with Crippen LogP contribution in [0, 0.1) is 0 Å². The van der Waals surface area contributed by atoms with Crippen LogP contribution in [0.15, 0.2) is 36.4 Å². The number of hydrogen-bond donors (Lipinski definition) is 1. The van der Waals surface area contributed by atoms with Gasteiger partial charge in [-0.05, 0) is 33.5 Å². The molecule has 1 aliphatic rings. The first-order chi connectivity index (χ1) is 11.0. The second-order valence-corrected chi connectivity index (χ2v) is 6.26. The van der Waals surface area contributed by atoms with E-state index in [2.05, 4.69) is 9.39 Å². The van der Waals surface area contributed by atoms with E-state index in [4.69, 9.17) is 4.74 Å². The van der Waals surface area contributed by atoms with Crippen molar-refractivity contribution in [1.29, 1.82) is 0 Å². The lowest BCUT2D eigenvalue weighted by Crippen LogP contribution is -2.30. The lowest BCUT2D eigenvalue weighted by molar-refractivity contribution is 0.0989. The Labute approximate surface area is 137 Å². The van der Waals surface area contributed by atoms with E-state index in [1.807, 2.05) is 24.3 Å². The van der Waals surface area contributed by atoms with Crippen LogP contribution in [0.4, 0.5) is 11.4 Å². The average molecular weight is 330 g/mol. The number of anilines is 2. The van der Waals surface area contributed by atoms with Crippen molar-refractivity contribution in [1.82, 2.24) is 0 Å². The van der Waals surface area contributed by atoms with Gasteiger partial charge in [-0.2, -0.15) is 0 Å². The summed E-state index contributed by atoms with van der Waals surface area (Å²) in [6.07, 6.45) is 0.850. The molecule has 0 fully saturated rings. The minimum Gasteiger partial charge on any atom is -0.504 e. The smallest absolute Gasteiger partial charge is 0.260 e. The number of phenolic OH excluding ortho intramolecular Hbond substituents is 1. The molecule has 0 saturated carbocycles. The van der Waals surface area contributed by atoms with Crippen LogP contribution in [0.25, 0.3) is 0 Å². The fourth-order valence-corrected chi connectivity index (χ4v) is 3.09. The summed E-state index contributed by atoms with van der Waals surface area (Å²) in [4.78, 5) is 14.8. The summed E-state index contributed by atoms with van der Waals surface area (Å²) in [5.41, 5.74) is 3.24. The van der Waals surface area contributed by atoms with E-state index in [0.29, 0.717) is 17.8 Å². The summed E-state index contributed by atoms with van der Waals surface area (Å²) < 4.78 is 6.89. The summed E-state index contributed by atoms with van der Waals surface area (Å²) >= 11 is 0. The number of carbonyl (C=O) groups excluding carboxylic acids is 1. The highest BCUT2D eigenvalue weighted by molar-refractivity contribution is 7.19. The highest BCUT2D eigenvalue weighted by atomic mass is 31.0.